The summed E-state index contributed by atoms with van der Waals surface area (Å²) in [6.45, 7) is 0.474. The third-order valence-electron chi connectivity index (χ3n) is 4.22. The van der Waals surface area contributed by atoms with E-state index in [-0.39, 0.29) is 5.91 Å². The molecule has 4 rings (SSSR count). The maximum Gasteiger partial charge on any atom is 0.256 e. The van der Waals surface area contributed by atoms with E-state index in [9.17, 15) is 4.79 Å². The summed E-state index contributed by atoms with van der Waals surface area (Å²) in [4.78, 5) is 12.4. The third-order valence-corrected chi connectivity index (χ3v) is 4.71. The molecule has 1 amide bonds. The molecule has 0 unspecified atom stereocenters. The molecular weight excluding hydrogens is 390 g/mol. The molecule has 0 bridgehead atoms. The summed E-state index contributed by atoms with van der Waals surface area (Å²) in [5.41, 5.74) is 4.34. The minimum Gasteiger partial charge on any atom is -0.488 e. The molecule has 0 saturated heterocycles. The van der Waals surface area contributed by atoms with Crippen molar-refractivity contribution in [3.05, 3.63) is 94.0 Å². The Morgan fingerprint density at radius 2 is 1.73 bits per heavy atom. The first-order chi connectivity index (χ1) is 12.7. The van der Waals surface area contributed by atoms with Crippen molar-refractivity contribution >= 4 is 39.2 Å². The molecule has 0 saturated carbocycles. The summed E-state index contributed by atoms with van der Waals surface area (Å²) in [6, 6.07) is 23.5. The zero-order valence-electron chi connectivity index (χ0n) is 13.9. The topological polar surface area (TPSA) is 38.3 Å². The predicted octanol–water partition coefficient (Wildman–Crippen LogP) is 5.52. The molecule has 3 aromatic carbocycles. The molecule has 3 aromatic rings. The Labute approximate surface area is 160 Å². The van der Waals surface area contributed by atoms with Crippen LogP contribution in [0.2, 0.25) is 0 Å². The van der Waals surface area contributed by atoms with Crippen molar-refractivity contribution in [2.75, 3.05) is 5.32 Å². The largest absolute Gasteiger partial charge is 0.488 e. The van der Waals surface area contributed by atoms with E-state index in [2.05, 4.69) is 21.2 Å². The molecule has 4 heteroatoms. The minimum absolute atomic E-state index is 0.0971. The molecule has 0 spiro atoms. The number of amides is 1. The van der Waals surface area contributed by atoms with Crippen molar-refractivity contribution in [2.24, 2.45) is 0 Å². The van der Waals surface area contributed by atoms with E-state index < -0.39 is 0 Å². The molecule has 1 aliphatic rings. The van der Waals surface area contributed by atoms with Crippen molar-refractivity contribution in [3.8, 4) is 5.75 Å². The first-order valence-corrected chi connectivity index (χ1v) is 9.09. The van der Waals surface area contributed by atoms with Gasteiger partial charge < -0.3 is 10.1 Å². The number of rotatable bonds is 4. The van der Waals surface area contributed by atoms with Gasteiger partial charge in [-0.15, -0.1) is 0 Å². The number of hydrogen-bond donors (Lipinski definition) is 1. The predicted molar refractivity (Wildman–Crippen MR) is 108 cm³/mol. The molecule has 1 aliphatic heterocycles. The first kappa shape index (κ1) is 16.6. The van der Waals surface area contributed by atoms with Crippen LogP contribution >= 0.6 is 15.9 Å². The van der Waals surface area contributed by atoms with Gasteiger partial charge in [0, 0.05) is 26.9 Å². The van der Waals surface area contributed by atoms with E-state index in [0.29, 0.717) is 12.2 Å². The summed E-state index contributed by atoms with van der Waals surface area (Å²) < 4.78 is 6.95. The third kappa shape index (κ3) is 3.41. The van der Waals surface area contributed by atoms with Crippen molar-refractivity contribution in [1.82, 2.24) is 0 Å². The minimum atomic E-state index is -0.0971. The first-order valence-electron chi connectivity index (χ1n) is 8.29. The Hall–Kier alpha value is -2.85. The van der Waals surface area contributed by atoms with Crippen LogP contribution in [0.3, 0.4) is 0 Å². The lowest BCUT2D eigenvalue weighted by Crippen LogP contribution is -2.04. The van der Waals surface area contributed by atoms with Gasteiger partial charge in [-0.1, -0.05) is 64.5 Å². The van der Waals surface area contributed by atoms with Crippen LogP contribution in [0.25, 0.3) is 11.6 Å². The van der Waals surface area contributed by atoms with Gasteiger partial charge in [0.15, 0.2) is 0 Å². The number of carbonyl (C=O) groups is 1. The molecule has 26 heavy (non-hydrogen) atoms. The number of ether oxygens (including phenoxy) is 1. The second kappa shape index (κ2) is 7.18. The maximum atomic E-state index is 12.4. The standard InChI is InChI=1S/C22H16BrNO2/c23-17-10-11-21(26-14-15-6-2-1-3-7-15)16(12-17)13-19-18-8-4-5-9-20(18)24-22(19)25/h1-13H,14H2,(H,24,25)/b19-13-. The fourth-order valence-electron chi connectivity index (χ4n) is 2.94. The highest BCUT2D eigenvalue weighted by Gasteiger charge is 2.23. The van der Waals surface area contributed by atoms with Gasteiger partial charge >= 0.3 is 0 Å². The lowest BCUT2D eigenvalue weighted by Gasteiger charge is -2.10. The Kier molecular flexibility index (Phi) is 4.59. The Morgan fingerprint density at radius 1 is 0.962 bits per heavy atom. The van der Waals surface area contributed by atoms with Gasteiger partial charge in [-0.2, -0.15) is 0 Å². The lowest BCUT2D eigenvalue weighted by atomic mass is 10.0. The van der Waals surface area contributed by atoms with Crippen LogP contribution in [0, 0.1) is 0 Å². The van der Waals surface area contributed by atoms with Gasteiger partial charge in [0.2, 0.25) is 0 Å². The van der Waals surface area contributed by atoms with Gasteiger partial charge in [-0.25, -0.2) is 0 Å². The van der Waals surface area contributed by atoms with Gasteiger partial charge in [0.1, 0.15) is 12.4 Å². The number of anilines is 1. The number of para-hydroxylation sites is 1. The second-order valence-corrected chi connectivity index (χ2v) is 6.93. The van der Waals surface area contributed by atoms with E-state index in [1.165, 1.54) is 0 Å². The van der Waals surface area contributed by atoms with Gasteiger partial charge in [-0.05, 0) is 35.9 Å². The monoisotopic (exact) mass is 405 g/mol. The number of carbonyl (C=O) groups excluding carboxylic acids is 1. The highest BCUT2D eigenvalue weighted by atomic mass is 79.9. The summed E-state index contributed by atoms with van der Waals surface area (Å²) in [5, 5.41) is 2.90. The summed E-state index contributed by atoms with van der Waals surface area (Å²) in [7, 11) is 0. The zero-order valence-corrected chi connectivity index (χ0v) is 15.5. The smallest absolute Gasteiger partial charge is 0.256 e. The molecule has 0 atom stereocenters. The summed E-state index contributed by atoms with van der Waals surface area (Å²) in [6.07, 6.45) is 1.88. The van der Waals surface area contributed by atoms with Crippen LogP contribution in [-0.2, 0) is 11.4 Å². The van der Waals surface area contributed by atoms with E-state index >= 15 is 0 Å². The van der Waals surface area contributed by atoms with Crippen LogP contribution in [0.1, 0.15) is 16.7 Å². The number of halogens is 1. The summed E-state index contributed by atoms with van der Waals surface area (Å²) in [5.74, 6) is 0.641. The van der Waals surface area contributed by atoms with E-state index in [4.69, 9.17) is 4.74 Å². The number of hydrogen-bond acceptors (Lipinski definition) is 2. The average molecular weight is 406 g/mol. The molecule has 3 nitrogen and oxygen atoms in total. The molecule has 0 radical (unpaired) electrons. The van der Waals surface area contributed by atoms with E-state index in [1.807, 2.05) is 78.9 Å². The fourth-order valence-corrected chi connectivity index (χ4v) is 3.32. The van der Waals surface area contributed by atoms with E-state index in [0.717, 1.165) is 32.6 Å². The average Bonchev–Trinajstić information content (AvgIpc) is 2.97. The SMILES string of the molecule is O=C1Nc2ccccc2/C1=C/c1cc(Br)ccc1OCc1ccccc1. The zero-order chi connectivity index (χ0) is 17.9. The quantitative estimate of drug-likeness (QED) is 0.580. The maximum absolute atomic E-state index is 12.4. The molecule has 1 N–H and O–H groups in total. The van der Waals surface area contributed by atoms with Gasteiger partial charge in [0.25, 0.3) is 5.91 Å². The van der Waals surface area contributed by atoms with Crippen LogP contribution in [0.15, 0.2) is 77.3 Å². The summed E-state index contributed by atoms with van der Waals surface area (Å²) >= 11 is 3.50. The van der Waals surface area contributed by atoms with Crippen LogP contribution in [0.4, 0.5) is 5.69 Å². The number of fused-ring (bicyclic) bond motifs is 1. The van der Waals surface area contributed by atoms with Crippen LogP contribution in [-0.4, -0.2) is 5.91 Å². The number of benzene rings is 3. The van der Waals surface area contributed by atoms with Gasteiger partial charge in [-0.3, -0.25) is 4.79 Å². The van der Waals surface area contributed by atoms with Crippen molar-refractivity contribution in [3.63, 3.8) is 0 Å². The number of nitrogens with one attached hydrogen (secondary N) is 1. The van der Waals surface area contributed by atoms with Crippen molar-refractivity contribution < 1.29 is 9.53 Å². The van der Waals surface area contributed by atoms with Crippen molar-refractivity contribution in [2.45, 2.75) is 6.61 Å². The highest BCUT2D eigenvalue weighted by molar-refractivity contribution is 9.10. The van der Waals surface area contributed by atoms with E-state index in [1.54, 1.807) is 0 Å². The Bertz CT molecular complexity index is 996. The Balaban J connectivity index is 1.68. The lowest BCUT2D eigenvalue weighted by molar-refractivity contribution is -0.110. The molecule has 0 fully saturated rings. The molecule has 128 valence electrons. The molecular formula is C22H16BrNO2. The molecule has 1 heterocycles. The molecule has 0 aliphatic carbocycles. The van der Waals surface area contributed by atoms with Crippen LogP contribution < -0.4 is 10.1 Å². The normalized spacial score (nSPS) is 14.2. The Morgan fingerprint density at radius 3 is 2.58 bits per heavy atom. The molecule has 0 aromatic heterocycles. The fraction of sp³-hybridized carbons (Fsp3) is 0.0455. The van der Waals surface area contributed by atoms with Gasteiger partial charge in [0.05, 0.1) is 0 Å². The van der Waals surface area contributed by atoms with Crippen molar-refractivity contribution in [1.29, 1.82) is 0 Å². The second-order valence-electron chi connectivity index (χ2n) is 6.01. The van der Waals surface area contributed by atoms with Crippen LogP contribution in [0.5, 0.6) is 5.75 Å². The highest BCUT2D eigenvalue weighted by Crippen LogP contribution is 2.35.